The van der Waals surface area contributed by atoms with E-state index in [1.165, 1.54) is 25.7 Å². The van der Waals surface area contributed by atoms with Crippen LogP contribution in [0.1, 0.15) is 25.7 Å². The van der Waals surface area contributed by atoms with Crippen LogP contribution in [0.25, 0.3) is 0 Å². The van der Waals surface area contributed by atoms with E-state index >= 15 is 0 Å². The number of nitrogens with zero attached hydrogens (tertiary/aromatic N) is 2. The van der Waals surface area contributed by atoms with Gasteiger partial charge in [0.25, 0.3) is 0 Å². The molecule has 3 aliphatic rings. The van der Waals surface area contributed by atoms with Gasteiger partial charge in [-0.3, -0.25) is 9.69 Å². The van der Waals surface area contributed by atoms with Crippen LogP contribution < -0.4 is 5.32 Å². The lowest BCUT2D eigenvalue weighted by molar-refractivity contribution is -0.138. The average Bonchev–Trinajstić information content (AvgIpc) is 3.02. The molecule has 2 saturated heterocycles. The van der Waals surface area contributed by atoms with Gasteiger partial charge in [-0.25, -0.2) is 0 Å². The summed E-state index contributed by atoms with van der Waals surface area (Å²) >= 11 is 0. The maximum Gasteiger partial charge on any atom is 0.242 e. The Balaban J connectivity index is 1.47. The predicted molar refractivity (Wildman–Crippen MR) is 73.0 cm³/mol. The second kappa shape index (κ2) is 6.20. The molecule has 0 bridgehead atoms. The number of ether oxygens (including phenoxy) is 1. The Morgan fingerprint density at radius 1 is 1.11 bits per heavy atom. The summed E-state index contributed by atoms with van der Waals surface area (Å²) in [6, 6.07) is 0.667. The fraction of sp³-hybridized carbons (Fsp3) is 0.929. The van der Waals surface area contributed by atoms with Crippen LogP contribution in [0.3, 0.4) is 0 Å². The first-order valence-corrected chi connectivity index (χ1v) is 7.68. The topological polar surface area (TPSA) is 44.8 Å². The van der Waals surface area contributed by atoms with E-state index in [4.69, 9.17) is 4.74 Å². The number of amides is 1. The highest BCUT2D eigenvalue weighted by atomic mass is 16.5. The van der Waals surface area contributed by atoms with Gasteiger partial charge in [0.05, 0.1) is 13.2 Å². The van der Waals surface area contributed by atoms with Crippen molar-refractivity contribution >= 4 is 5.91 Å². The van der Waals surface area contributed by atoms with Crippen LogP contribution in [0.4, 0.5) is 0 Å². The molecule has 5 heteroatoms. The summed E-state index contributed by atoms with van der Waals surface area (Å²) in [4.78, 5) is 16.9. The summed E-state index contributed by atoms with van der Waals surface area (Å²) in [5.41, 5.74) is 0. The van der Waals surface area contributed by atoms with Crippen molar-refractivity contribution in [1.29, 1.82) is 0 Å². The smallest absolute Gasteiger partial charge is 0.242 e. The number of nitrogens with one attached hydrogen (secondary N) is 1. The average molecular weight is 267 g/mol. The number of hydrogen-bond donors (Lipinski definition) is 1. The highest BCUT2D eigenvalue weighted by Crippen LogP contribution is 2.24. The van der Waals surface area contributed by atoms with Gasteiger partial charge >= 0.3 is 0 Å². The highest BCUT2D eigenvalue weighted by molar-refractivity contribution is 5.82. The number of morpholine rings is 1. The van der Waals surface area contributed by atoms with Crippen LogP contribution in [0.15, 0.2) is 0 Å². The molecule has 1 saturated carbocycles. The molecule has 3 fully saturated rings. The van der Waals surface area contributed by atoms with Gasteiger partial charge in [-0.1, -0.05) is 12.8 Å². The van der Waals surface area contributed by atoms with Crippen LogP contribution in [0.2, 0.25) is 0 Å². The molecule has 0 aromatic heterocycles. The zero-order valence-electron chi connectivity index (χ0n) is 11.6. The molecular formula is C14H25N3O2. The van der Waals surface area contributed by atoms with Gasteiger partial charge in [-0.2, -0.15) is 0 Å². The van der Waals surface area contributed by atoms with Crippen molar-refractivity contribution in [3.05, 3.63) is 0 Å². The standard InChI is InChI=1S/C14H25N3O2/c18-14(13-11-19-10-5-15-13)17-8-6-16(7-9-17)12-3-1-2-4-12/h12-13,15H,1-11H2. The van der Waals surface area contributed by atoms with Gasteiger partial charge in [-0.15, -0.1) is 0 Å². The summed E-state index contributed by atoms with van der Waals surface area (Å²) in [5.74, 6) is 0.228. The van der Waals surface area contributed by atoms with Gasteiger partial charge in [-0.05, 0) is 12.8 Å². The van der Waals surface area contributed by atoms with Crippen LogP contribution in [0.5, 0.6) is 0 Å². The van der Waals surface area contributed by atoms with Crippen molar-refractivity contribution in [2.75, 3.05) is 45.9 Å². The molecule has 5 nitrogen and oxygen atoms in total. The van der Waals surface area contributed by atoms with Gasteiger partial charge in [0.2, 0.25) is 5.91 Å². The van der Waals surface area contributed by atoms with E-state index in [0.717, 1.165) is 45.4 Å². The Hall–Kier alpha value is -0.650. The Labute approximate surface area is 115 Å². The third-order valence-corrected chi connectivity index (χ3v) is 4.69. The first-order valence-electron chi connectivity index (χ1n) is 7.68. The molecule has 2 heterocycles. The Bertz CT molecular complexity index is 304. The number of rotatable bonds is 2. The molecule has 0 radical (unpaired) electrons. The van der Waals surface area contributed by atoms with Crippen LogP contribution >= 0.6 is 0 Å². The number of carbonyl (C=O) groups excluding carboxylic acids is 1. The van der Waals surface area contributed by atoms with Gasteiger partial charge in [0.1, 0.15) is 6.04 Å². The second-order valence-electron chi connectivity index (χ2n) is 5.88. The van der Waals surface area contributed by atoms with Crippen molar-refractivity contribution in [3.63, 3.8) is 0 Å². The maximum atomic E-state index is 12.3. The van der Waals surface area contributed by atoms with E-state index in [2.05, 4.69) is 10.2 Å². The molecule has 0 spiro atoms. The molecule has 1 amide bonds. The minimum atomic E-state index is -0.119. The summed E-state index contributed by atoms with van der Waals surface area (Å²) in [5, 5.41) is 3.25. The van der Waals surface area contributed by atoms with E-state index in [1.807, 2.05) is 4.90 Å². The molecule has 1 atom stereocenters. The Morgan fingerprint density at radius 2 is 1.84 bits per heavy atom. The number of carbonyl (C=O) groups is 1. The third kappa shape index (κ3) is 3.09. The van der Waals surface area contributed by atoms with Gasteiger partial charge in [0.15, 0.2) is 0 Å². The highest BCUT2D eigenvalue weighted by Gasteiger charge is 2.31. The summed E-state index contributed by atoms with van der Waals surface area (Å²) in [7, 11) is 0. The van der Waals surface area contributed by atoms with Crippen LogP contribution in [-0.4, -0.2) is 73.7 Å². The minimum Gasteiger partial charge on any atom is -0.378 e. The second-order valence-corrected chi connectivity index (χ2v) is 5.88. The summed E-state index contributed by atoms with van der Waals surface area (Å²) in [6.07, 6.45) is 5.47. The SMILES string of the molecule is O=C(C1COCCN1)N1CCN(C2CCCC2)CC1. The predicted octanol–water partition coefficient (Wildman–Crippen LogP) is 0.0616. The summed E-state index contributed by atoms with van der Waals surface area (Å²) < 4.78 is 5.38. The molecule has 0 aromatic carbocycles. The fourth-order valence-electron chi connectivity index (χ4n) is 3.52. The van der Waals surface area contributed by atoms with Crippen LogP contribution in [-0.2, 0) is 9.53 Å². The number of hydrogen-bond acceptors (Lipinski definition) is 4. The van der Waals surface area contributed by atoms with Crippen molar-refractivity contribution in [2.45, 2.75) is 37.8 Å². The molecule has 1 unspecified atom stereocenters. The quantitative estimate of drug-likeness (QED) is 0.768. The maximum absolute atomic E-state index is 12.3. The first-order chi connectivity index (χ1) is 9.34. The lowest BCUT2D eigenvalue weighted by atomic mass is 10.1. The molecule has 0 aromatic rings. The third-order valence-electron chi connectivity index (χ3n) is 4.69. The molecule has 1 N–H and O–H groups in total. The molecule has 2 aliphatic heterocycles. The van der Waals surface area contributed by atoms with Gasteiger partial charge in [0, 0.05) is 38.8 Å². The fourth-order valence-corrected chi connectivity index (χ4v) is 3.52. The van der Waals surface area contributed by atoms with Gasteiger partial charge < -0.3 is 15.0 Å². The Morgan fingerprint density at radius 3 is 2.47 bits per heavy atom. The first kappa shape index (κ1) is 13.3. The largest absolute Gasteiger partial charge is 0.378 e. The summed E-state index contributed by atoms with van der Waals surface area (Å²) in [6.45, 7) is 5.90. The lowest BCUT2D eigenvalue weighted by Crippen LogP contribution is -2.58. The van der Waals surface area contributed by atoms with E-state index in [9.17, 15) is 4.79 Å². The van der Waals surface area contributed by atoms with Crippen LogP contribution in [0, 0.1) is 0 Å². The van der Waals surface area contributed by atoms with Crippen molar-refractivity contribution in [1.82, 2.24) is 15.1 Å². The van der Waals surface area contributed by atoms with E-state index in [1.54, 1.807) is 0 Å². The molecule has 3 rings (SSSR count). The van der Waals surface area contributed by atoms with Crippen molar-refractivity contribution in [3.8, 4) is 0 Å². The monoisotopic (exact) mass is 267 g/mol. The molecule has 1 aliphatic carbocycles. The number of piperazine rings is 1. The van der Waals surface area contributed by atoms with Crippen molar-refractivity contribution < 1.29 is 9.53 Å². The van der Waals surface area contributed by atoms with E-state index in [-0.39, 0.29) is 11.9 Å². The zero-order valence-corrected chi connectivity index (χ0v) is 11.6. The van der Waals surface area contributed by atoms with E-state index < -0.39 is 0 Å². The lowest BCUT2D eigenvalue weighted by Gasteiger charge is -2.39. The van der Waals surface area contributed by atoms with Crippen molar-refractivity contribution in [2.24, 2.45) is 0 Å². The van der Waals surface area contributed by atoms with E-state index in [0.29, 0.717) is 6.61 Å². The normalized spacial score (nSPS) is 30.7. The molecule has 108 valence electrons. The Kier molecular flexibility index (Phi) is 4.35. The minimum absolute atomic E-state index is 0.119. The molecule has 19 heavy (non-hydrogen) atoms. The molecular weight excluding hydrogens is 242 g/mol. The zero-order chi connectivity index (χ0) is 13.1.